The zero-order chi connectivity index (χ0) is 14.4. The average Bonchev–Trinajstić information content (AvgIpc) is 2.48. The van der Waals surface area contributed by atoms with Crippen molar-refractivity contribution in [1.82, 2.24) is 4.90 Å². The van der Waals surface area contributed by atoms with E-state index >= 15 is 0 Å². The Bertz CT molecular complexity index is 376. The van der Waals surface area contributed by atoms with Gasteiger partial charge in [0.15, 0.2) is 0 Å². The summed E-state index contributed by atoms with van der Waals surface area (Å²) in [5.41, 5.74) is 7.54. The van der Waals surface area contributed by atoms with E-state index in [1.807, 2.05) is 0 Å². The molecule has 0 saturated heterocycles. The van der Waals surface area contributed by atoms with Crippen molar-refractivity contribution in [1.29, 1.82) is 0 Å². The molecule has 2 heteroatoms. The molecule has 1 aromatic rings. The monoisotopic (exact) mass is 274 g/mol. The van der Waals surface area contributed by atoms with E-state index in [-0.39, 0.29) is 0 Å². The van der Waals surface area contributed by atoms with Gasteiger partial charge in [-0.2, -0.15) is 0 Å². The smallest absolute Gasteiger partial charge is 0.0250 e. The maximum atomic E-state index is 6.14. The van der Waals surface area contributed by atoms with Crippen molar-refractivity contribution in [3.63, 3.8) is 0 Å². The van der Waals surface area contributed by atoms with Gasteiger partial charge >= 0.3 is 0 Å². The van der Waals surface area contributed by atoms with Crippen LogP contribution in [0.2, 0.25) is 0 Å². The molecule has 0 bridgehead atoms. The zero-order valence-electron chi connectivity index (χ0n) is 13.1. The summed E-state index contributed by atoms with van der Waals surface area (Å²) in [6, 6.07) is 11.3. The second-order valence-electron chi connectivity index (χ2n) is 6.38. The maximum Gasteiger partial charge on any atom is 0.0250 e. The Labute approximate surface area is 124 Å². The third-order valence-corrected chi connectivity index (χ3v) is 4.87. The normalized spacial score (nSPS) is 24.8. The molecule has 0 aliphatic heterocycles. The Hall–Kier alpha value is -0.860. The Morgan fingerprint density at radius 1 is 1.25 bits per heavy atom. The van der Waals surface area contributed by atoms with Crippen molar-refractivity contribution >= 4 is 0 Å². The summed E-state index contributed by atoms with van der Waals surface area (Å²) in [6.45, 7) is 7.56. The first-order chi connectivity index (χ1) is 9.74. The maximum absolute atomic E-state index is 6.14. The molecule has 3 atom stereocenters. The molecule has 20 heavy (non-hydrogen) atoms. The number of hydrogen-bond donors (Lipinski definition) is 1. The van der Waals surface area contributed by atoms with Crippen LogP contribution >= 0.6 is 0 Å². The fraction of sp³-hybridized carbons (Fsp3) is 0.667. The summed E-state index contributed by atoms with van der Waals surface area (Å²) in [4.78, 5) is 2.58. The van der Waals surface area contributed by atoms with Gasteiger partial charge < -0.3 is 5.73 Å². The zero-order valence-corrected chi connectivity index (χ0v) is 13.1. The van der Waals surface area contributed by atoms with Crippen LogP contribution < -0.4 is 5.73 Å². The van der Waals surface area contributed by atoms with Crippen molar-refractivity contribution in [2.75, 3.05) is 13.1 Å². The first kappa shape index (κ1) is 15.5. The van der Waals surface area contributed by atoms with Crippen LogP contribution in [0.4, 0.5) is 0 Å². The van der Waals surface area contributed by atoms with E-state index in [2.05, 4.69) is 49.1 Å². The van der Waals surface area contributed by atoms with E-state index < -0.39 is 0 Å². The van der Waals surface area contributed by atoms with Gasteiger partial charge in [0.2, 0.25) is 0 Å². The largest absolute Gasteiger partial charge is 0.329 e. The lowest BCUT2D eigenvalue weighted by atomic mass is 9.78. The molecule has 2 rings (SSSR count). The van der Waals surface area contributed by atoms with Gasteiger partial charge in [-0.1, -0.05) is 57.0 Å². The van der Waals surface area contributed by atoms with Gasteiger partial charge in [0, 0.05) is 19.1 Å². The quantitative estimate of drug-likeness (QED) is 0.857. The van der Waals surface area contributed by atoms with E-state index in [1.165, 1.54) is 31.2 Å². The van der Waals surface area contributed by atoms with Gasteiger partial charge in [-0.05, 0) is 36.8 Å². The molecule has 112 valence electrons. The van der Waals surface area contributed by atoms with Crippen molar-refractivity contribution in [2.45, 2.75) is 52.1 Å². The van der Waals surface area contributed by atoms with Crippen molar-refractivity contribution in [3.05, 3.63) is 35.9 Å². The molecule has 1 aliphatic rings. The lowest BCUT2D eigenvalue weighted by Gasteiger charge is -2.39. The second-order valence-corrected chi connectivity index (χ2v) is 6.38. The van der Waals surface area contributed by atoms with Crippen molar-refractivity contribution in [3.8, 4) is 0 Å². The fourth-order valence-corrected chi connectivity index (χ4v) is 3.75. The van der Waals surface area contributed by atoms with Gasteiger partial charge in [-0.3, -0.25) is 4.90 Å². The summed E-state index contributed by atoms with van der Waals surface area (Å²) in [5, 5.41) is 0. The van der Waals surface area contributed by atoms with Crippen LogP contribution in [0, 0.1) is 11.8 Å². The van der Waals surface area contributed by atoms with E-state index in [4.69, 9.17) is 5.73 Å². The number of likely N-dealkylation sites (N-methyl/N-ethyl adjacent to an activating group) is 1. The highest BCUT2D eigenvalue weighted by Crippen LogP contribution is 2.32. The van der Waals surface area contributed by atoms with Crippen molar-refractivity contribution < 1.29 is 0 Å². The minimum atomic E-state index is 0.544. The third kappa shape index (κ3) is 4.07. The lowest BCUT2D eigenvalue weighted by Crippen LogP contribution is -2.46. The second kappa shape index (κ2) is 7.80. The summed E-state index contributed by atoms with van der Waals surface area (Å²) < 4.78 is 0. The molecular formula is C18H30N2. The van der Waals surface area contributed by atoms with Gasteiger partial charge in [0.1, 0.15) is 0 Å². The first-order valence-electron chi connectivity index (χ1n) is 8.22. The molecule has 0 spiro atoms. The number of rotatable bonds is 6. The Morgan fingerprint density at radius 2 is 2.00 bits per heavy atom. The van der Waals surface area contributed by atoms with Gasteiger partial charge in [0.25, 0.3) is 0 Å². The Morgan fingerprint density at radius 3 is 2.60 bits per heavy atom. The number of hydrogen-bond acceptors (Lipinski definition) is 2. The predicted octanol–water partition coefficient (Wildman–Crippen LogP) is 3.66. The minimum absolute atomic E-state index is 0.544. The molecule has 3 unspecified atom stereocenters. The summed E-state index contributed by atoms with van der Waals surface area (Å²) in [5.74, 6) is 1.66. The van der Waals surface area contributed by atoms with Gasteiger partial charge in [-0.15, -0.1) is 0 Å². The van der Waals surface area contributed by atoms with E-state index in [0.29, 0.717) is 6.04 Å². The molecule has 1 aliphatic carbocycles. The minimum Gasteiger partial charge on any atom is -0.329 e. The predicted molar refractivity (Wildman–Crippen MR) is 86.5 cm³/mol. The summed E-state index contributed by atoms with van der Waals surface area (Å²) in [6.07, 6.45) is 5.49. The molecule has 0 aromatic heterocycles. The van der Waals surface area contributed by atoms with Crippen LogP contribution in [0.5, 0.6) is 0 Å². The summed E-state index contributed by atoms with van der Waals surface area (Å²) in [7, 11) is 0. The van der Waals surface area contributed by atoms with Gasteiger partial charge in [-0.25, -0.2) is 0 Å². The Balaban J connectivity index is 2.03. The molecule has 2 nitrogen and oxygen atoms in total. The SMILES string of the molecule is CCN(Cc1ccccc1)C(CN)C1CCCC(C)C1. The molecular weight excluding hydrogens is 244 g/mol. The van der Waals surface area contributed by atoms with Crippen LogP contribution in [-0.4, -0.2) is 24.0 Å². The molecule has 0 amide bonds. The van der Waals surface area contributed by atoms with E-state index in [1.54, 1.807) is 0 Å². The molecule has 1 saturated carbocycles. The van der Waals surface area contributed by atoms with E-state index in [9.17, 15) is 0 Å². The molecule has 1 aromatic carbocycles. The highest BCUT2D eigenvalue weighted by atomic mass is 15.2. The van der Waals surface area contributed by atoms with Crippen LogP contribution in [0.3, 0.4) is 0 Å². The molecule has 1 fully saturated rings. The summed E-state index contributed by atoms with van der Waals surface area (Å²) >= 11 is 0. The third-order valence-electron chi connectivity index (χ3n) is 4.87. The highest BCUT2D eigenvalue weighted by Gasteiger charge is 2.29. The first-order valence-corrected chi connectivity index (χ1v) is 8.22. The highest BCUT2D eigenvalue weighted by molar-refractivity contribution is 5.14. The fourth-order valence-electron chi connectivity index (χ4n) is 3.75. The van der Waals surface area contributed by atoms with Crippen LogP contribution in [-0.2, 0) is 6.54 Å². The molecule has 0 radical (unpaired) electrons. The number of nitrogens with two attached hydrogens (primary N) is 1. The Kier molecular flexibility index (Phi) is 6.06. The van der Waals surface area contributed by atoms with Crippen molar-refractivity contribution in [2.24, 2.45) is 17.6 Å². The average molecular weight is 274 g/mol. The van der Waals surface area contributed by atoms with E-state index in [0.717, 1.165) is 31.5 Å². The standard InChI is InChI=1S/C18H30N2/c1-3-20(14-16-9-5-4-6-10-16)18(13-19)17-11-7-8-15(2)12-17/h4-6,9-10,15,17-18H,3,7-8,11-14,19H2,1-2H3. The molecule has 0 heterocycles. The topological polar surface area (TPSA) is 29.3 Å². The van der Waals surface area contributed by atoms with Crippen LogP contribution in [0.25, 0.3) is 0 Å². The lowest BCUT2D eigenvalue weighted by molar-refractivity contribution is 0.106. The van der Waals surface area contributed by atoms with Gasteiger partial charge in [0.05, 0.1) is 0 Å². The number of benzene rings is 1. The molecule has 2 N–H and O–H groups in total. The number of nitrogens with zero attached hydrogens (tertiary/aromatic N) is 1. The van der Waals surface area contributed by atoms with Crippen LogP contribution in [0.15, 0.2) is 30.3 Å². The van der Waals surface area contributed by atoms with Crippen LogP contribution in [0.1, 0.15) is 45.1 Å².